The molecule has 1 aliphatic rings. The van der Waals surface area contributed by atoms with E-state index in [4.69, 9.17) is 0 Å². The van der Waals surface area contributed by atoms with Crippen molar-refractivity contribution in [2.75, 3.05) is 11.4 Å². The zero-order chi connectivity index (χ0) is 12.5. The molecule has 2 rings (SSSR count). The topological polar surface area (TPSA) is 32.7 Å². The molecule has 0 spiro atoms. The Morgan fingerprint density at radius 2 is 1.94 bits per heavy atom. The first kappa shape index (κ1) is 12.2. The van der Waals surface area contributed by atoms with Gasteiger partial charge in [-0.2, -0.15) is 4.99 Å². The molecule has 0 aromatic heterocycles. The van der Waals surface area contributed by atoms with Gasteiger partial charge in [-0.1, -0.05) is 30.0 Å². The molecule has 0 aliphatic carbocycles. The SMILES string of the molecule is CCN(C1=NC(=O)C(C)(C)S1)c1ccccc1. The van der Waals surface area contributed by atoms with E-state index in [2.05, 4.69) is 16.8 Å². The van der Waals surface area contributed by atoms with E-state index in [9.17, 15) is 4.79 Å². The summed E-state index contributed by atoms with van der Waals surface area (Å²) in [5.74, 6) is -0.0492. The van der Waals surface area contributed by atoms with Gasteiger partial charge in [0.15, 0.2) is 5.17 Å². The van der Waals surface area contributed by atoms with Gasteiger partial charge >= 0.3 is 0 Å². The molecule has 1 amide bonds. The van der Waals surface area contributed by atoms with Gasteiger partial charge in [0.05, 0.1) is 4.75 Å². The van der Waals surface area contributed by atoms with Crippen LogP contribution in [-0.4, -0.2) is 22.4 Å². The van der Waals surface area contributed by atoms with Crippen LogP contribution in [0.3, 0.4) is 0 Å². The third-order valence-electron chi connectivity index (χ3n) is 2.67. The average Bonchev–Trinajstić information content (AvgIpc) is 2.56. The van der Waals surface area contributed by atoms with Crippen molar-refractivity contribution in [3.8, 4) is 0 Å². The van der Waals surface area contributed by atoms with Crippen LogP contribution < -0.4 is 4.90 Å². The lowest BCUT2D eigenvalue weighted by atomic mass is 10.2. The van der Waals surface area contributed by atoms with Crippen LogP contribution in [0.2, 0.25) is 0 Å². The van der Waals surface area contributed by atoms with E-state index in [0.717, 1.165) is 17.4 Å². The number of benzene rings is 1. The number of para-hydroxylation sites is 1. The number of amidine groups is 1. The second-order valence-electron chi connectivity index (χ2n) is 4.39. The summed E-state index contributed by atoms with van der Waals surface area (Å²) >= 11 is 1.53. The largest absolute Gasteiger partial charge is 0.321 e. The first-order valence-corrected chi connectivity index (χ1v) is 6.51. The molecule has 17 heavy (non-hydrogen) atoms. The van der Waals surface area contributed by atoms with Crippen molar-refractivity contribution in [3.05, 3.63) is 30.3 Å². The number of hydrogen-bond acceptors (Lipinski definition) is 3. The van der Waals surface area contributed by atoms with Crippen LogP contribution in [0.25, 0.3) is 0 Å². The molecule has 1 heterocycles. The summed E-state index contributed by atoms with van der Waals surface area (Å²) < 4.78 is -0.433. The van der Waals surface area contributed by atoms with Crippen molar-refractivity contribution >= 4 is 28.5 Å². The van der Waals surface area contributed by atoms with Gasteiger partial charge < -0.3 is 4.90 Å². The summed E-state index contributed by atoms with van der Waals surface area (Å²) in [5.41, 5.74) is 1.08. The van der Waals surface area contributed by atoms with Crippen LogP contribution in [0.15, 0.2) is 35.3 Å². The minimum Gasteiger partial charge on any atom is -0.321 e. The summed E-state index contributed by atoms with van der Waals surface area (Å²) in [6, 6.07) is 10.0. The summed E-state index contributed by atoms with van der Waals surface area (Å²) in [7, 11) is 0. The second-order valence-corrected chi connectivity index (χ2v) is 5.98. The Labute approximate surface area is 106 Å². The van der Waals surface area contributed by atoms with Crippen molar-refractivity contribution in [1.29, 1.82) is 0 Å². The fraction of sp³-hybridized carbons (Fsp3) is 0.385. The Morgan fingerprint density at radius 3 is 2.41 bits per heavy atom. The number of hydrogen-bond donors (Lipinski definition) is 0. The van der Waals surface area contributed by atoms with E-state index >= 15 is 0 Å². The van der Waals surface area contributed by atoms with Crippen LogP contribution >= 0.6 is 11.8 Å². The molecule has 90 valence electrons. The fourth-order valence-electron chi connectivity index (χ4n) is 1.67. The van der Waals surface area contributed by atoms with Crippen molar-refractivity contribution in [2.24, 2.45) is 4.99 Å². The molecular weight excluding hydrogens is 232 g/mol. The zero-order valence-electron chi connectivity index (χ0n) is 10.3. The number of aliphatic imine (C=N–C) groups is 1. The maximum Gasteiger partial charge on any atom is 0.264 e. The highest BCUT2D eigenvalue weighted by molar-refractivity contribution is 8.16. The van der Waals surface area contributed by atoms with Crippen molar-refractivity contribution < 1.29 is 4.79 Å². The summed E-state index contributed by atoms with van der Waals surface area (Å²) in [6.45, 7) is 6.69. The van der Waals surface area contributed by atoms with Crippen LogP contribution in [0.5, 0.6) is 0 Å². The van der Waals surface area contributed by atoms with E-state index in [0.29, 0.717) is 0 Å². The van der Waals surface area contributed by atoms with Gasteiger partial charge in [0.25, 0.3) is 5.91 Å². The first-order valence-electron chi connectivity index (χ1n) is 5.69. The van der Waals surface area contributed by atoms with Crippen LogP contribution in [0.4, 0.5) is 5.69 Å². The summed E-state index contributed by atoms with van der Waals surface area (Å²) in [5, 5.41) is 0.800. The second kappa shape index (κ2) is 4.53. The lowest BCUT2D eigenvalue weighted by molar-refractivity contribution is -0.119. The predicted molar refractivity (Wildman–Crippen MR) is 73.6 cm³/mol. The molecule has 0 bridgehead atoms. The third-order valence-corrected chi connectivity index (χ3v) is 3.85. The van der Waals surface area contributed by atoms with E-state index < -0.39 is 4.75 Å². The molecule has 0 atom stereocenters. The molecule has 1 aromatic carbocycles. The number of anilines is 1. The van der Waals surface area contributed by atoms with E-state index in [1.165, 1.54) is 11.8 Å². The quantitative estimate of drug-likeness (QED) is 0.806. The maximum atomic E-state index is 11.7. The van der Waals surface area contributed by atoms with E-state index in [-0.39, 0.29) is 5.91 Å². The third kappa shape index (κ3) is 2.36. The lowest BCUT2D eigenvalue weighted by Crippen LogP contribution is -2.28. The maximum absolute atomic E-state index is 11.7. The Kier molecular flexibility index (Phi) is 3.24. The Balaban J connectivity index is 2.28. The van der Waals surface area contributed by atoms with Crippen LogP contribution in [-0.2, 0) is 4.79 Å². The molecule has 0 saturated carbocycles. The molecule has 0 unspecified atom stereocenters. The van der Waals surface area contributed by atoms with Crippen molar-refractivity contribution in [1.82, 2.24) is 0 Å². The van der Waals surface area contributed by atoms with Crippen LogP contribution in [0.1, 0.15) is 20.8 Å². The highest BCUT2D eigenvalue weighted by Gasteiger charge is 2.38. The van der Waals surface area contributed by atoms with Crippen molar-refractivity contribution in [3.63, 3.8) is 0 Å². The molecule has 1 aromatic rings. The standard InChI is InChI=1S/C13H16N2OS/c1-4-15(10-8-6-5-7-9-10)12-14-11(16)13(2,3)17-12/h5-9H,4H2,1-3H3. The number of rotatable bonds is 2. The van der Waals surface area contributed by atoms with Crippen molar-refractivity contribution in [2.45, 2.75) is 25.5 Å². The molecular formula is C13H16N2OS. The number of carbonyl (C=O) groups excluding carboxylic acids is 1. The smallest absolute Gasteiger partial charge is 0.264 e. The lowest BCUT2D eigenvalue weighted by Gasteiger charge is -2.23. The van der Waals surface area contributed by atoms with Gasteiger partial charge in [-0.25, -0.2) is 0 Å². The molecule has 0 saturated heterocycles. The normalized spacial score (nSPS) is 18.1. The van der Waals surface area contributed by atoms with Crippen LogP contribution in [0, 0.1) is 0 Å². The van der Waals surface area contributed by atoms with E-state index in [1.54, 1.807) is 0 Å². The highest BCUT2D eigenvalue weighted by atomic mass is 32.2. The molecule has 1 aliphatic heterocycles. The number of thioether (sulfide) groups is 1. The zero-order valence-corrected chi connectivity index (χ0v) is 11.1. The van der Waals surface area contributed by atoms with Gasteiger partial charge in [0.1, 0.15) is 0 Å². The molecule has 4 heteroatoms. The number of nitrogens with zero attached hydrogens (tertiary/aromatic N) is 2. The van der Waals surface area contributed by atoms with E-state index in [1.807, 2.05) is 44.2 Å². The first-order chi connectivity index (χ1) is 8.04. The van der Waals surface area contributed by atoms with Gasteiger partial charge in [0.2, 0.25) is 0 Å². The average molecular weight is 248 g/mol. The summed E-state index contributed by atoms with van der Waals surface area (Å²) in [6.07, 6.45) is 0. The molecule has 0 N–H and O–H groups in total. The number of carbonyl (C=O) groups is 1. The Bertz CT molecular complexity index is 454. The number of amides is 1. The van der Waals surface area contributed by atoms with Gasteiger partial charge in [0, 0.05) is 12.2 Å². The Morgan fingerprint density at radius 1 is 1.29 bits per heavy atom. The van der Waals surface area contributed by atoms with Gasteiger partial charge in [-0.3, -0.25) is 4.79 Å². The molecule has 0 radical (unpaired) electrons. The molecule has 0 fully saturated rings. The monoisotopic (exact) mass is 248 g/mol. The highest BCUT2D eigenvalue weighted by Crippen LogP contribution is 2.35. The fourth-order valence-corrected chi connectivity index (χ4v) is 2.73. The van der Waals surface area contributed by atoms with Gasteiger partial charge in [-0.05, 0) is 32.9 Å². The van der Waals surface area contributed by atoms with Gasteiger partial charge in [-0.15, -0.1) is 0 Å². The Hall–Kier alpha value is -1.29. The molecule has 3 nitrogen and oxygen atoms in total. The minimum atomic E-state index is -0.433. The predicted octanol–water partition coefficient (Wildman–Crippen LogP) is 2.92. The minimum absolute atomic E-state index is 0.0492. The summed E-state index contributed by atoms with van der Waals surface area (Å²) in [4.78, 5) is 17.9.